The van der Waals surface area contributed by atoms with Gasteiger partial charge in [0.2, 0.25) is 5.95 Å². The smallest absolute Gasteiger partial charge is 0.224 e. The Balaban J connectivity index is 3.11. The summed E-state index contributed by atoms with van der Waals surface area (Å²) in [6.45, 7) is 0. The predicted molar refractivity (Wildman–Crippen MR) is 53.7 cm³/mol. The zero-order valence-electron chi connectivity index (χ0n) is 7.81. The number of rotatable bonds is 2. The van der Waals surface area contributed by atoms with Gasteiger partial charge in [0.25, 0.3) is 0 Å². The number of nitrogens with one attached hydrogen (secondary N) is 1. The third-order valence-electron chi connectivity index (χ3n) is 1.18. The quantitative estimate of drug-likeness (QED) is 0.769. The molecule has 6 heteroatoms. The van der Waals surface area contributed by atoms with Crippen molar-refractivity contribution in [3.05, 3.63) is 12.3 Å². The minimum atomic E-state index is -2.15. The van der Waals surface area contributed by atoms with E-state index >= 15 is 0 Å². The van der Waals surface area contributed by atoms with E-state index in [4.69, 9.17) is 0 Å². The number of nitrogens with zero attached hydrogens (tertiary/aromatic N) is 3. The lowest BCUT2D eigenvalue weighted by atomic mass is 10.6. The molecule has 0 amide bonds. The van der Waals surface area contributed by atoms with Crippen LogP contribution in [0, 0.1) is 0 Å². The lowest BCUT2D eigenvalue weighted by molar-refractivity contribution is 0.684. The molecule has 0 aromatic carbocycles. The van der Waals surface area contributed by atoms with E-state index in [2.05, 4.69) is 19.6 Å². The summed E-state index contributed by atoms with van der Waals surface area (Å²) in [5.74, 6) is 0.916. The van der Waals surface area contributed by atoms with Crippen LogP contribution in [-0.4, -0.2) is 33.7 Å². The van der Waals surface area contributed by atoms with Gasteiger partial charge in [-0.25, -0.2) is 9.19 Å². The monoisotopic (exact) mass is 200 g/mol. The molecule has 0 spiro atoms. The van der Waals surface area contributed by atoms with Crippen LogP contribution in [0.3, 0.4) is 0 Å². The Morgan fingerprint density at radius 2 is 2.23 bits per heavy atom. The molecule has 0 atom stereocenters. The molecule has 1 aromatic rings. The van der Waals surface area contributed by atoms with Crippen molar-refractivity contribution in [3.8, 4) is 0 Å². The summed E-state index contributed by atoms with van der Waals surface area (Å²) in [5, 5.41) is 2.78. The first-order valence-corrected chi connectivity index (χ1v) is 6.02. The van der Waals surface area contributed by atoms with Gasteiger partial charge in [-0.3, -0.25) is 0 Å². The van der Waals surface area contributed by atoms with Crippen molar-refractivity contribution in [1.82, 2.24) is 9.97 Å². The second-order valence-electron chi connectivity index (χ2n) is 2.76. The highest BCUT2D eigenvalue weighted by Gasteiger charge is 1.96. The van der Waals surface area contributed by atoms with E-state index in [0.717, 1.165) is 0 Å². The summed E-state index contributed by atoms with van der Waals surface area (Å²) >= 11 is 0. The van der Waals surface area contributed by atoms with Crippen LogP contribution in [0.4, 0.5) is 11.8 Å². The lowest BCUT2D eigenvalue weighted by Gasteiger charge is -1.98. The minimum absolute atomic E-state index is 0.439. The Kier molecular flexibility index (Phi) is 2.82. The normalized spacial score (nSPS) is 11.0. The molecular weight excluding hydrogens is 188 g/mol. The zero-order valence-corrected chi connectivity index (χ0v) is 8.63. The van der Waals surface area contributed by atoms with Crippen molar-refractivity contribution >= 4 is 21.5 Å². The standard InChI is InChI=1S/C7H12N4OS/c1-8-7-9-5-4-6(10-7)11-13(2,3)12/h4-5H,1-3H3,(H,8,9,10). The molecule has 13 heavy (non-hydrogen) atoms. The highest BCUT2D eigenvalue weighted by molar-refractivity contribution is 7.92. The van der Waals surface area contributed by atoms with E-state index in [0.29, 0.717) is 11.8 Å². The van der Waals surface area contributed by atoms with Crippen molar-refractivity contribution < 1.29 is 4.21 Å². The van der Waals surface area contributed by atoms with Gasteiger partial charge in [-0.2, -0.15) is 9.35 Å². The first-order valence-electron chi connectivity index (χ1n) is 3.69. The Morgan fingerprint density at radius 1 is 1.54 bits per heavy atom. The van der Waals surface area contributed by atoms with Crippen LogP contribution in [0.5, 0.6) is 0 Å². The van der Waals surface area contributed by atoms with Crippen molar-refractivity contribution in [2.75, 3.05) is 24.9 Å². The van der Waals surface area contributed by atoms with Crippen LogP contribution in [0.1, 0.15) is 0 Å². The molecule has 1 rings (SSSR count). The first-order chi connectivity index (χ1) is 6.01. The zero-order chi connectivity index (χ0) is 9.90. The number of hydrogen-bond donors (Lipinski definition) is 1. The average Bonchev–Trinajstić information content (AvgIpc) is 2.01. The molecule has 1 aromatic heterocycles. The van der Waals surface area contributed by atoms with Gasteiger partial charge < -0.3 is 5.32 Å². The van der Waals surface area contributed by atoms with Gasteiger partial charge in [-0.15, -0.1) is 0 Å². The molecule has 1 N–H and O–H groups in total. The van der Waals surface area contributed by atoms with Crippen LogP contribution < -0.4 is 5.32 Å². The van der Waals surface area contributed by atoms with E-state index in [-0.39, 0.29) is 0 Å². The maximum absolute atomic E-state index is 11.3. The number of anilines is 1. The molecule has 72 valence electrons. The Hall–Kier alpha value is -1.17. The molecule has 0 fully saturated rings. The molecule has 0 aliphatic heterocycles. The molecule has 0 saturated carbocycles. The van der Waals surface area contributed by atoms with Crippen molar-refractivity contribution in [2.45, 2.75) is 0 Å². The Labute approximate surface area is 77.8 Å². The van der Waals surface area contributed by atoms with Crippen LogP contribution in [0.15, 0.2) is 16.6 Å². The fourth-order valence-electron chi connectivity index (χ4n) is 0.746. The van der Waals surface area contributed by atoms with Gasteiger partial charge in [-0.1, -0.05) is 0 Å². The second-order valence-corrected chi connectivity index (χ2v) is 5.31. The van der Waals surface area contributed by atoms with Crippen molar-refractivity contribution in [1.29, 1.82) is 0 Å². The maximum Gasteiger partial charge on any atom is 0.224 e. The fourth-order valence-corrected chi connectivity index (χ4v) is 1.30. The van der Waals surface area contributed by atoms with Crippen LogP contribution in [0.25, 0.3) is 0 Å². The van der Waals surface area contributed by atoms with E-state index in [1.165, 1.54) is 0 Å². The molecule has 0 bridgehead atoms. The summed E-state index contributed by atoms with van der Waals surface area (Å²) in [5.41, 5.74) is 0. The van der Waals surface area contributed by atoms with Gasteiger partial charge in [0, 0.05) is 41.6 Å². The molecule has 0 unspecified atom stereocenters. The summed E-state index contributed by atoms with van der Waals surface area (Å²) in [7, 11) is -0.429. The highest BCUT2D eigenvalue weighted by atomic mass is 32.2. The van der Waals surface area contributed by atoms with E-state index in [1.54, 1.807) is 31.8 Å². The van der Waals surface area contributed by atoms with Gasteiger partial charge in [0.1, 0.15) is 0 Å². The van der Waals surface area contributed by atoms with Gasteiger partial charge in [0.15, 0.2) is 5.82 Å². The molecule has 1 heterocycles. The molecule has 0 saturated heterocycles. The predicted octanol–water partition coefficient (Wildman–Crippen LogP) is 0.877. The molecule has 5 nitrogen and oxygen atoms in total. The van der Waals surface area contributed by atoms with Crippen molar-refractivity contribution in [3.63, 3.8) is 0 Å². The summed E-state index contributed by atoms with van der Waals surface area (Å²) in [6.07, 6.45) is 4.70. The number of hydrogen-bond acceptors (Lipinski definition) is 5. The molecular formula is C7H12N4OS. The number of aromatic nitrogens is 2. The SMILES string of the molecule is CNc1nccc(N=S(C)(C)=O)n1. The van der Waals surface area contributed by atoms with Gasteiger partial charge in [-0.05, 0) is 0 Å². The molecule has 0 aliphatic rings. The van der Waals surface area contributed by atoms with Crippen LogP contribution >= 0.6 is 0 Å². The van der Waals surface area contributed by atoms with E-state index in [9.17, 15) is 4.21 Å². The molecule has 0 aliphatic carbocycles. The molecule has 0 radical (unpaired) electrons. The first kappa shape index (κ1) is 9.91. The van der Waals surface area contributed by atoms with E-state index < -0.39 is 9.73 Å². The summed E-state index contributed by atoms with van der Waals surface area (Å²) < 4.78 is 15.2. The van der Waals surface area contributed by atoms with Gasteiger partial charge >= 0.3 is 0 Å². The topological polar surface area (TPSA) is 67.2 Å². The largest absolute Gasteiger partial charge is 0.357 e. The maximum atomic E-state index is 11.3. The van der Waals surface area contributed by atoms with Gasteiger partial charge in [0.05, 0.1) is 0 Å². The Morgan fingerprint density at radius 3 is 2.77 bits per heavy atom. The Bertz CT molecular complexity index is 401. The summed E-state index contributed by atoms with van der Waals surface area (Å²) in [6, 6.07) is 1.62. The summed E-state index contributed by atoms with van der Waals surface area (Å²) in [4.78, 5) is 7.92. The third kappa shape index (κ3) is 3.37. The van der Waals surface area contributed by atoms with E-state index in [1.807, 2.05) is 0 Å². The van der Waals surface area contributed by atoms with Crippen molar-refractivity contribution in [2.24, 2.45) is 4.36 Å². The fraction of sp³-hybridized carbons (Fsp3) is 0.429. The second kappa shape index (κ2) is 3.69. The lowest BCUT2D eigenvalue weighted by Crippen LogP contribution is -1.96. The highest BCUT2D eigenvalue weighted by Crippen LogP contribution is 2.10. The minimum Gasteiger partial charge on any atom is -0.357 e. The van der Waals surface area contributed by atoms with Crippen LogP contribution in [-0.2, 0) is 9.73 Å². The van der Waals surface area contributed by atoms with Crippen LogP contribution in [0.2, 0.25) is 0 Å². The average molecular weight is 200 g/mol. The third-order valence-corrected chi connectivity index (χ3v) is 1.80.